The molecular weight excluding hydrogens is 156 g/mol. The Morgan fingerprint density at radius 1 is 1.58 bits per heavy atom. The van der Waals surface area contributed by atoms with E-state index in [4.69, 9.17) is 0 Å². The highest BCUT2D eigenvalue weighted by atomic mass is 16.6. The fraction of sp³-hybridized carbons (Fsp3) is 0.333. The quantitative estimate of drug-likeness (QED) is 0.353. The Balaban J connectivity index is 2.70. The van der Waals surface area contributed by atoms with Gasteiger partial charge in [-0.25, -0.2) is 9.59 Å². The zero-order valence-electron chi connectivity index (χ0n) is 7.09. The van der Waals surface area contributed by atoms with Gasteiger partial charge in [-0.1, -0.05) is 11.6 Å². The van der Waals surface area contributed by atoms with Gasteiger partial charge in [0.05, 0.1) is 0 Å². The van der Waals surface area contributed by atoms with Crippen LogP contribution in [0.4, 0.5) is 0 Å². The molecule has 0 spiro atoms. The molecule has 0 aromatic carbocycles. The SMILES string of the molecule is CC=C(C)CC1=CC(=O)OC1=O. The van der Waals surface area contributed by atoms with Crippen molar-refractivity contribution >= 4 is 11.9 Å². The molecule has 3 heteroatoms. The van der Waals surface area contributed by atoms with Gasteiger partial charge in [-0.05, 0) is 13.8 Å². The van der Waals surface area contributed by atoms with E-state index in [0.29, 0.717) is 12.0 Å². The largest absolute Gasteiger partial charge is 0.386 e. The number of cyclic esters (lactones) is 2. The lowest BCUT2D eigenvalue weighted by Gasteiger charge is -1.97. The summed E-state index contributed by atoms with van der Waals surface area (Å²) in [5, 5.41) is 0. The lowest BCUT2D eigenvalue weighted by atomic mass is 10.1. The van der Waals surface area contributed by atoms with Gasteiger partial charge in [-0.15, -0.1) is 0 Å². The van der Waals surface area contributed by atoms with Crippen LogP contribution in [0.15, 0.2) is 23.3 Å². The molecule has 3 nitrogen and oxygen atoms in total. The molecule has 0 bridgehead atoms. The summed E-state index contributed by atoms with van der Waals surface area (Å²) >= 11 is 0. The number of carbonyl (C=O) groups excluding carboxylic acids is 2. The van der Waals surface area contributed by atoms with Crippen molar-refractivity contribution in [2.75, 3.05) is 0 Å². The van der Waals surface area contributed by atoms with Gasteiger partial charge >= 0.3 is 11.9 Å². The molecule has 0 saturated heterocycles. The van der Waals surface area contributed by atoms with Crippen LogP contribution < -0.4 is 0 Å². The number of rotatable bonds is 2. The number of carbonyl (C=O) groups is 2. The Bertz CT molecular complexity index is 284. The maximum atomic E-state index is 10.9. The van der Waals surface area contributed by atoms with Gasteiger partial charge in [0, 0.05) is 18.1 Å². The van der Waals surface area contributed by atoms with Crippen LogP contribution in [0, 0.1) is 0 Å². The van der Waals surface area contributed by atoms with Gasteiger partial charge in [0.15, 0.2) is 0 Å². The molecule has 1 heterocycles. The summed E-state index contributed by atoms with van der Waals surface area (Å²) < 4.78 is 4.32. The van der Waals surface area contributed by atoms with E-state index in [-0.39, 0.29) is 0 Å². The number of hydrogen-bond donors (Lipinski definition) is 0. The van der Waals surface area contributed by atoms with Crippen molar-refractivity contribution in [2.45, 2.75) is 20.3 Å². The fourth-order valence-electron chi connectivity index (χ4n) is 0.913. The minimum absolute atomic E-state index is 0.440. The van der Waals surface area contributed by atoms with Crippen molar-refractivity contribution in [1.29, 1.82) is 0 Å². The molecule has 1 aliphatic rings. The molecule has 1 aliphatic heterocycles. The highest BCUT2D eigenvalue weighted by Gasteiger charge is 2.22. The van der Waals surface area contributed by atoms with Gasteiger partial charge in [-0.2, -0.15) is 0 Å². The first-order chi connectivity index (χ1) is 5.63. The summed E-state index contributed by atoms with van der Waals surface area (Å²) in [6.45, 7) is 3.79. The van der Waals surface area contributed by atoms with Crippen LogP contribution in [-0.4, -0.2) is 11.9 Å². The van der Waals surface area contributed by atoms with Gasteiger partial charge in [0.2, 0.25) is 0 Å². The second-order valence-electron chi connectivity index (χ2n) is 2.69. The third kappa shape index (κ3) is 1.81. The van der Waals surface area contributed by atoms with E-state index in [1.165, 1.54) is 6.08 Å². The molecule has 0 aromatic rings. The maximum Gasteiger partial charge on any atom is 0.342 e. The van der Waals surface area contributed by atoms with Crippen LogP contribution in [0.25, 0.3) is 0 Å². The summed E-state index contributed by atoms with van der Waals surface area (Å²) in [6, 6.07) is 0. The molecule has 0 radical (unpaired) electrons. The van der Waals surface area contributed by atoms with Crippen LogP contribution in [0.3, 0.4) is 0 Å². The van der Waals surface area contributed by atoms with Crippen LogP contribution in [-0.2, 0) is 14.3 Å². The molecule has 0 aromatic heterocycles. The minimum Gasteiger partial charge on any atom is -0.386 e. The average molecular weight is 166 g/mol. The second kappa shape index (κ2) is 3.34. The Hall–Kier alpha value is -1.38. The number of esters is 2. The molecule has 0 fully saturated rings. The third-order valence-electron chi connectivity index (χ3n) is 1.71. The molecule has 12 heavy (non-hydrogen) atoms. The van der Waals surface area contributed by atoms with Crippen LogP contribution in [0.1, 0.15) is 20.3 Å². The van der Waals surface area contributed by atoms with E-state index < -0.39 is 11.9 Å². The molecule has 0 unspecified atom stereocenters. The Kier molecular flexibility index (Phi) is 2.43. The summed E-state index contributed by atoms with van der Waals surface area (Å²) in [6.07, 6.45) is 3.65. The van der Waals surface area contributed by atoms with Gasteiger partial charge in [0.25, 0.3) is 0 Å². The van der Waals surface area contributed by atoms with Crippen LogP contribution in [0.2, 0.25) is 0 Å². The first-order valence-electron chi connectivity index (χ1n) is 3.72. The summed E-state index contributed by atoms with van der Waals surface area (Å²) in [5.41, 5.74) is 1.49. The average Bonchev–Trinajstić information content (AvgIpc) is 2.30. The second-order valence-corrected chi connectivity index (χ2v) is 2.69. The lowest BCUT2D eigenvalue weighted by Crippen LogP contribution is -2.01. The van der Waals surface area contributed by atoms with Crippen molar-refractivity contribution < 1.29 is 14.3 Å². The fourth-order valence-corrected chi connectivity index (χ4v) is 0.913. The smallest absolute Gasteiger partial charge is 0.342 e. The lowest BCUT2D eigenvalue weighted by molar-refractivity contribution is -0.150. The standard InChI is InChI=1S/C9H10O3/c1-3-6(2)4-7-5-8(10)12-9(7)11/h3,5H,4H2,1-2H3. The van der Waals surface area contributed by atoms with Crippen molar-refractivity contribution in [3.8, 4) is 0 Å². The van der Waals surface area contributed by atoms with Crippen LogP contribution in [0.5, 0.6) is 0 Å². The molecule has 0 atom stereocenters. The normalized spacial score (nSPS) is 17.8. The molecule has 0 aliphatic carbocycles. The van der Waals surface area contributed by atoms with Crippen molar-refractivity contribution in [2.24, 2.45) is 0 Å². The molecule has 0 amide bonds. The highest BCUT2D eigenvalue weighted by Crippen LogP contribution is 2.16. The maximum absolute atomic E-state index is 10.9. The van der Waals surface area contributed by atoms with Crippen LogP contribution >= 0.6 is 0 Å². The van der Waals surface area contributed by atoms with E-state index in [1.54, 1.807) is 0 Å². The monoisotopic (exact) mass is 166 g/mol. The Morgan fingerprint density at radius 2 is 2.25 bits per heavy atom. The Labute approximate surface area is 70.7 Å². The topological polar surface area (TPSA) is 43.4 Å². The van der Waals surface area contributed by atoms with E-state index in [1.807, 2.05) is 19.9 Å². The first-order valence-corrected chi connectivity index (χ1v) is 3.72. The van der Waals surface area contributed by atoms with E-state index in [9.17, 15) is 9.59 Å². The predicted molar refractivity (Wildman–Crippen MR) is 43.2 cm³/mol. The summed E-state index contributed by atoms with van der Waals surface area (Å²) in [7, 11) is 0. The zero-order valence-corrected chi connectivity index (χ0v) is 7.09. The predicted octanol–water partition coefficient (Wildman–Crippen LogP) is 1.35. The van der Waals surface area contributed by atoms with E-state index in [2.05, 4.69) is 4.74 Å². The minimum atomic E-state index is -0.557. The number of allylic oxidation sites excluding steroid dienone is 2. The Morgan fingerprint density at radius 3 is 2.67 bits per heavy atom. The first kappa shape index (κ1) is 8.71. The summed E-state index contributed by atoms with van der Waals surface area (Å²) in [4.78, 5) is 21.5. The van der Waals surface area contributed by atoms with Crippen molar-refractivity contribution in [3.05, 3.63) is 23.3 Å². The highest BCUT2D eigenvalue weighted by molar-refractivity contribution is 6.09. The van der Waals surface area contributed by atoms with Crippen molar-refractivity contribution in [3.63, 3.8) is 0 Å². The molecule has 64 valence electrons. The molecule has 0 N–H and O–H groups in total. The van der Waals surface area contributed by atoms with Gasteiger partial charge in [0.1, 0.15) is 0 Å². The van der Waals surface area contributed by atoms with E-state index >= 15 is 0 Å². The number of hydrogen-bond acceptors (Lipinski definition) is 3. The zero-order chi connectivity index (χ0) is 9.14. The summed E-state index contributed by atoms with van der Waals surface area (Å²) in [5.74, 6) is -1.07. The third-order valence-corrected chi connectivity index (χ3v) is 1.71. The molecule has 0 saturated carbocycles. The van der Waals surface area contributed by atoms with Gasteiger partial charge in [-0.3, -0.25) is 0 Å². The number of ether oxygens (including phenoxy) is 1. The molecule has 1 rings (SSSR count). The van der Waals surface area contributed by atoms with Crippen molar-refractivity contribution in [1.82, 2.24) is 0 Å². The van der Waals surface area contributed by atoms with Gasteiger partial charge < -0.3 is 4.74 Å². The molecular formula is C9H10O3. The van der Waals surface area contributed by atoms with E-state index in [0.717, 1.165) is 5.57 Å².